The minimum atomic E-state index is -0.443. The van der Waals surface area contributed by atoms with Gasteiger partial charge >= 0.3 is 6.09 Å². The van der Waals surface area contributed by atoms with E-state index in [-0.39, 0.29) is 12.1 Å². The van der Waals surface area contributed by atoms with Crippen molar-refractivity contribution in [3.63, 3.8) is 0 Å². The van der Waals surface area contributed by atoms with Crippen LogP contribution in [-0.2, 0) is 4.74 Å². The highest BCUT2D eigenvalue weighted by Crippen LogP contribution is 2.27. The van der Waals surface area contributed by atoms with Crippen molar-refractivity contribution in [3.8, 4) is 0 Å². The Bertz CT molecular complexity index is 309. The van der Waals surface area contributed by atoms with Crippen LogP contribution in [0.3, 0.4) is 0 Å². The van der Waals surface area contributed by atoms with Crippen LogP contribution in [-0.4, -0.2) is 35.1 Å². The van der Waals surface area contributed by atoms with Gasteiger partial charge in [0.15, 0.2) is 0 Å². The Morgan fingerprint density at radius 1 is 1.50 bits per heavy atom. The Kier molecular flexibility index (Phi) is 5.51. The first-order valence-corrected chi connectivity index (χ1v) is 7.12. The van der Waals surface area contributed by atoms with Crippen molar-refractivity contribution in [2.24, 2.45) is 0 Å². The van der Waals surface area contributed by atoms with Crippen molar-refractivity contribution in [2.75, 3.05) is 12.4 Å². The molecule has 1 atom stereocenters. The zero-order valence-corrected chi connectivity index (χ0v) is 12.4. The maximum atomic E-state index is 12.1. The zero-order valence-electron chi connectivity index (χ0n) is 11.7. The van der Waals surface area contributed by atoms with Crippen molar-refractivity contribution < 1.29 is 9.53 Å². The summed E-state index contributed by atoms with van der Waals surface area (Å²) in [4.78, 5) is 13.9. The maximum Gasteiger partial charge on any atom is 0.410 e. The molecule has 1 aliphatic rings. The van der Waals surface area contributed by atoms with E-state index in [1.807, 2.05) is 25.7 Å². The third-order valence-corrected chi connectivity index (χ3v) is 3.25. The number of halogens is 1. The van der Waals surface area contributed by atoms with Crippen LogP contribution in [0.1, 0.15) is 46.5 Å². The van der Waals surface area contributed by atoms with Crippen LogP contribution in [0.4, 0.5) is 4.79 Å². The van der Waals surface area contributed by atoms with E-state index in [9.17, 15) is 4.79 Å². The SMILES string of the molecule is C=C(CCCCl)[C@H]1CCCN1C(=O)OC(C)(C)C. The van der Waals surface area contributed by atoms with E-state index >= 15 is 0 Å². The fourth-order valence-electron chi connectivity index (χ4n) is 2.19. The number of hydrogen-bond acceptors (Lipinski definition) is 2. The third kappa shape index (κ3) is 4.52. The lowest BCUT2D eigenvalue weighted by Crippen LogP contribution is -2.40. The average Bonchev–Trinajstić information content (AvgIpc) is 2.72. The molecule has 1 rings (SSSR count). The summed E-state index contributed by atoms with van der Waals surface area (Å²) in [5.41, 5.74) is 0.654. The van der Waals surface area contributed by atoms with E-state index in [1.165, 1.54) is 0 Å². The monoisotopic (exact) mass is 273 g/mol. The van der Waals surface area contributed by atoms with Gasteiger partial charge in [-0.3, -0.25) is 0 Å². The quantitative estimate of drug-likeness (QED) is 0.573. The standard InChI is InChI=1S/C14H24ClNO2/c1-11(7-5-9-15)12-8-6-10-16(12)13(17)18-14(2,3)4/h12H,1,5-10H2,2-4H3/t12-/m1/s1. The van der Waals surface area contributed by atoms with Crippen LogP contribution in [0.5, 0.6) is 0 Å². The fraction of sp³-hybridized carbons (Fsp3) is 0.786. The first kappa shape index (κ1) is 15.4. The smallest absolute Gasteiger partial charge is 0.410 e. The number of amides is 1. The van der Waals surface area contributed by atoms with Gasteiger partial charge < -0.3 is 9.64 Å². The summed E-state index contributed by atoms with van der Waals surface area (Å²) >= 11 is 5.69. The minimum absolute atomic E-state index is 0.128. The van der Waals surface area contributed by atoms with Gasteiger partial charge in [0.2, 0.25) is 0 Å². The molecule has 1 fully saturated rings. The van der Waals surface area contributed by atoms with E-state index in [4.69, 9.17) is 16.3 Å². The largest absolute Gasteiger partial charge is 0.444 e. The molecule has 1 heterocycles. The van der Waals surface area contributed by atoms with Gasteiger partial charge in [0, 0.05) is 12.4 Å². The number of carbonyl (C=O) groups is 1. The van der Waals surface area contributed by atoms with Gasteiger partial charge in [-0.2, -0.15) is 0 Å². The van der Waals surface area contributed by atoms with Crippen LogP contribution in [0, 0.1) is 0 Å². The molecule has 3 nitrogen and oxygen atoms in total. The number of ether oxygens (including phenoxy) is 1. The zero-order chi connectivity index (χ0) is 13.8. The molecule has 18 heavy (non-hydrogen) atoms. The van der Waals surface area contributed by atoms with Gasteiger partial charge in [-0.25, -0.2) is 4.79 Å². The molecule has 0 spiro atoms. The second-order valence-electron chi connectivity index (χ2n) is 5.78. The number of rotatable bonds is 4. The molecule has 0 bridgehead atoms. The minimum Gasteiger partial charge on any atom is -0.444 e. The van der Waals surface area contributed by atoms with Crippen molar-refractivity contribution in [3.05, 3.63) is 12.2 Å². The summed E-state index contributed by atoms with van der Waals surface area (Å²) in [7, 11) is 0. The van der Waals surface area contributed by atoms with Crippen molar-refractivity contribution in [1.29, 1.82) is 0 Å². The lowest BCUT2D eigenvalue weighted by molar-refractivity contribution is 0.0247. The molecule has 0 aromatic carbocycles. The predicted molar refractivity (Wildman–Crippen MR) is 75.1 cm³/mol. The molecule has 1 saturated heterocycles. The topological polar surface area (TPSA) is 29.5 Å². The van der Waals surface area contributed by atoms with Gasteiger partial charge in [-0.15, -0.1) is 11.6 Å². The van der Waals surface area contributed by atoms with Crippen molar-refractivity contribution >= 4 is 17.7 Å². The van der Waals surface area contributed by atoms with Crippen LogP contribution in [0.15, 0.2) is 12.2 Å². The molecular weight excluding hydrogens is 250 g/mol. The van der Waals surface area contributed by atoms with Crippen LogP contribution < -0.4 is 0 Å². The molecule has 0 unspecified atom stereocenters. The maximum absolute atomic E-state index is 12.1. The molecule has 1 amide bonds. The highest BCUT2D eigenvalue weighted by atomic mass is 35.5. The molecule has 1 aliphatic heterocycles. The van der Waals surface area contributed by atoms with Gasteiger partial charge in [0.25, 0.3) is 0 Å². The van der Waals surface area contributed by atoms with Crippen LogP contribution in [0.2, 0.25) is 0 Å². The van der Waals surface area contributed by atoms with Crippen LogP contribution >= 0.6 is 11.6 Å². The number of alkyl halides is 1. The summed E-state index contributed by atoms with van der Waals surface area (Å²) in [6, 6.07) is 0.128. The van der Waals surface area contributed by atoms with Gasteiger partial charge in [0.1, 0.15) is 5.60 Å². The van der Waals surface area contributed by atoms with E-state index < -0.39 is 5.60 Å². The van der Waals surface area contributed by atoms with E-state index in [2.05, 4.69) is 6.58 Å². The van der Waals surface area contributed by atoms with E-state index in [0.717, 1.165) is 37.8 Å². The number of carbonyl (C=O) groups excluding carboxylic acids is 1. The van der Waals surface area contributed by atoms with Gasteiger partial charge in [0.05, 0.1) is 6.04 Å². The second-order valence-corrected chi connectivity index (χ2v) is 6.16. The number of nitrogens with zero attached hydrogens (tertiary/aromatic N) is 1. The first-order chi connectivity index (χ1) is 8.35. The fourth-order valence-corrected chi connectivity index (χ4v) is 2.32. The van der Waals surface area contributed by atoms with Crippen LogP contribution in [0.25, 0.3) is 0 Å². The van der Waals surface area contributed by atoms with Crippen molar-refractivity contribution in [2.45, 2.75) is 58.1 Å². The molecule has 104 valence electrons. The predicted octanol–water partition coefficient (Wildman–Crippen LogP) is 3.96. The van der Waals surface area contributed by atoms with Gasteiger partial charge in [-0.05, 0) is 46.5 Å². The molecule has 0 aromatic rings. The average molecular weight is 274 g/mol. The lowest BCUT2D eigenvalue weighted by atomic mass is 10.0. The Morgan fingerprint density at radius 3 is 2.72 bits per heavy atom. The normalized spacial score (nSPS) is 20.0. The molecule has 0 N–H and O–H groups in total. The molecule has 0 aliphatic carbocycles. The van der Waals surface area contributed by atoms with Gasteiger partial charge in [-0.1, -0.05) is 12.2 Å². The highest BCUT2D eigenvalue weighted by Gasteiger charge is 2.33. The van der Waals surface area contributed by atoms with Crippen molar-refractivity contribution in [1.82, 2.24) is 4.90 Å². The molecular formula is C14H24ClNO2. The summed E-state index contributed by atoms with van der Waals surface area (Å²) in [6.07, 6.45) is 3.58. The van der Waals surface area contributed by atoms with E-state index in [0.29, 0.717) is 5.88 Å². The summed E-state index contributed by atoms with van der Waals surface area (Å²) < 4.78 is 5.43. The molecule has 4 heteroatoms. The Labute approximate surface area is 115 Å². The summed E-state index contributed by atoms with van der Waals surface area (Å²) in [5, 5.41) is 0. The Balaban J connectivity index is 2.59. The Hall–Kier alpha value is -0.700. The summed E-state index contributed by atoms with van der Waals surface area (Å²) in [6.45, 7) is 10.5. The second kappa shape index (κ2) is 6.46. The lowest BCUT2D eigenvalue weighted by Gasteiger charge is -2.29. The number of hydrogen-bond donors (Lipinski definition) is 0. The molecule has 0 aromatic heterocycles. The number of likely N-dealkylation sites (tertiary alicyclic amines) is 1. The first-order valence-electron chi connectivity index (χ1n) is 6.58. The highest BCUT2D eigenvalue weighted by molar-refractivity contribution is 6.17. The Morgan fingerprint density at radius 2 is 2.17 bits per heavy atom. The molecule has 0 radical (unpaired) electrons. The third-order valence-electron chi connectivity index (χ3n) is 2.98. The summed E-state index contributed by atoms with van der Waals surface area (Å²) in [5.74, 6) is 0.637. The molecule has 0 saturated carbocycles. The van der Waals surface area contributed by atoms with E-state index in [1.54, 1.807) is 0 Å².